The van der Waals surface area contributed by atoms with Crippen LogP contribution in [0.1, 0.15) is 67.7 Å². The van der Waals surface area contributed by atoms with Crippen LogP contribution in [-0.4, -0.2) is 89.1 Å². The number of pyridine rings is 2. The Morgan fingerprint density at radius 3 is 1.74 bits per heavy atom. The number of carbonyl (C=O) groups excluding carboxylic acids is 2. The summed E-state index contributed by atoms with van der Waals surface area (Å²) in [6, 6.07) is 15.8. The first-order valence-electron chi connectivity index (χ1n) is 18.7. The van der Waals surface area contributed by atoms with E-state index in [4.69, 9.17) is 42.6 Å². The van der Waals surface area contributed by atoms with Crippen molar-refractivity contribution < 1.29 is 52.2 Å². The highest BCUT2D eigenvalue weighted by Gasteiger charge is 2.68. The monoisotopic (exact) mass is 914 g/mol. The molecule has 2 aromatic carbocycles. The SMILES string of the molecule is C.CC(=O)OC1OC2(CC(Oc3ccc4cc(Br)cnc4c3)C2)[C@@H](C)C1OC(C)=O.CO[C@@H]1OC2(CC(Oc3ccc4cc(Br)cnc4c3)C2)[C@H]2OC(C)(C)O[C@@H]12. The first kappa shape index (κ1) is 41.7. The van der Waals surface area contributed by atoms with Crippen molar-refractivity contribution in [2.75, 3.05) is 7.11 Å². The Hall–Kier alpha value is -3.44. The van der Waals surface area contributed by atoms with Gasteiger partial charge in [0.1, 0.15) is 41.5 Å². The number of carbonyl (C=O) groups is 2. The number of fused-ring (bicyclic) bond motifs is 4. The summed E-state index contributed by atoms with van der Waals surface area (Å²) in [6.45, 7) is 8.45. The summed E-state index contributed by atoms with van der Waals surface area (Å²) in [5.41, 5.74) is 0.833. The van der Waals surface area contributed by atoms with Crippen LogP contribution in [-0.2, 0) is 42.7 Å². The molecule has 2 aromatic heterocycles. The Morgan fingerprint density at radius 2 is 1.23 bits per heavy atom. The van der Waals surface area contributed by atoms with Gasteiger partial charge in [-0.3, -0.25) is 19.6 Å². The predicted octanol–water partition coefficient (Wildman–Crippen LogP) is 8.20. The van der Waals surface area contributed by atoms with Crippen LogP contribution in [0.2, 0.25) is 0 Å². The minimum Gasteiger partial charge on any atom is -0.490 e. The average molecular weight is 917 g/mol. The van der Waals surface area contributed by atoms with E-state index in [1.54, 1.807) is 19.5 Å². The van der Waals surface area contributed by atoms with Gasteiger partial charge in [0, 0.05) is 96.8 Å². The van der Waals surface area contributed by atoms with Gasteiger partial charge in [0.2, 0.25) is 6.29 Å². The van der Waals surface area contributed by atoms with Gasteiger partial charge in [-0.2, -0.15) is 0 Å². The van der Waals surface area contributed by atoms with Gasteiger partial charge in [0.05, 0.1) is 16.6 Å². The molecule has 2 unspecified atom stereocenters. The topological polar surface area (TPSA) is 143 Å². The molecule has 57 heavy (non-hydrogen) atoms. The Bertz CT molecular complexity index is 2140. The Labute approximate surface area is 348 Å². The minimum atomic E-state index is -0.893. The fraction of sp³-hybridized carbons (Fsp3) is 0.524. The third-order valence-corrected chi connectivity index (χ3v) is 12.0. The molecule has 0 amide bonds. The van der Waals surface area contributed by atoms with Crippen LogP contribution in [0.4, 0.5) is 0 Å². The van der Waals surface area contributed by atoms with Crippen molar-refractivity contribution in [2.24, 2.45) is 5.92 Å². The molecule has 15 heteroatoms. The molecule has 3 saturated heterocycles. The summed E-state index contributed by atoms with van der Waals surface area (Å²) in [7, 11) is 1.64. The van der Waals surface area contributed by atoms with Crippen molar-refractivity contribution in [3.8, 4) is 11.5 Å². The number of ether oxygens (including phenoxy) is 9. The number of hydrogen-bond donors (Lipinski definition) is 0. The van der Waals surface area contributed by atoms with E-state index in [-0.39, 0.29) is 37.8 Å². The van der Waals surface area contributed by atoms with Crippen molar-refractivity contribution in [1.82, 2.24) is 9.97 Å². The lowest BCUT2D eigenvalue weighted by Gasteiger charge is -2.46. The maximum absolute atomic E-state index is 11.5. The number of hydrogen-bond acceptors (Lipinski definition) is 13. The first-order valence-corrected chi connectivity index (χ1v) is 20.2. The average Bonchev–Trinajstić information content (AvgIpc) is 3.68. The van der Waals surface area contributed by atoms with E-state index in [0.29, 0.717) is 12.8 Å². The molecule has 2 spiro atoms. The van der Waals surface area contributed by atoms with Crippen LogP contribution in [0.5, 0.6) is 11.5 Å². The summed E-state index contributed by atoms with van der Waals surface area (Å²) in [4.78, 5) is 31.7. The first-order chi connectivity index (χ1) is 26.6. The number of rotatable bonds is 7. The van der Waals surface area contributed by atoms with E-state index in [0.717, 1.165) is 55.1 Å². The molecule has 6 atom stereocenters. The van der Waals surface area contributed by atoms with Gasteiger partial charge in [0.25, 0.3) is 0 Å². The quantitative estimate of drug-likeness (QED) is 0.165. The zero-order chi connectivity index (χ0) is 39.6. The van der Waals surface area contributed by atoms with Crippen LogP contribution < -0.4 is 9.47 Å². The van der Waals surface area contributed by atoms with E-state index >= 15 is 0 Å². The van der Waals surface area contributed by atoms with Gasteiger partial charge in [-0.1, -0.05) is 14.4 Å². The van der Waals surface area contributed by atoms with Crippen molar-refractivity contribution >= 4 is 65.6 Å². The molecule has 0 N–H and O–H groups in total. The fourth-order valence-electron chi connectivity index (χ4n) is 8.55. The van der Waals surface area contributed by atoms with Crippen LogP contribution >= 0.6 is 31.9 Å². The molecular weight excluding hydrogens is 868 g/mol. The third kappa shape index (κ3) is 8.39. The maximum atomic E-state index is 11.5. The molecule has 9 rings (SSSR count). The number of halogens is 2. The van der Waals surface area contributed by atoms with Crippen LogP contribution in [0.25, 0.3) is 21.8 Å². The van der Waals surface area contributed by atoms with Crippen molar-refractivity contribution in [1.29, 1.82) is 0 Å². The highest BCUT2D eigenvalue weighted by atomic mass is 79.9. The van der Waals surface area contributed by atoms with Gasteiger partial charge >= 0.3 is 11.9 Å². The van der Waals surface area contributed by atoms with Crippen molar-refractivity contribution in [2.45, 2.75) is 128 Å². The third-order valence-electron chi connectivity index (χ3n) is 11.2. The maximum Gasteiger partial charge on any atom is 0.305 e. The highest BCUT2D eigenvalue weighted by Crippen LogP contribution is 2.54. The molecule has 4 aromatic rings. The molecule has 3 aliphatic heterocycles. The van der Waals surface area contributed by atoms with Gasteiger partial charge in [-0.15, -0.1) is 0 Å². The van der Waals surface area contributed by atoms with Gasteiger partial charge in [-0.25, -0.2) is 0 Å². The molecule has 306 valence electrons. The Balaban J connectivity index is 0.000000171. The molecule has 0 radical (unpaired) electrons. The van der Waals surface area contributed by atoms with Gasteiger partial charge < -0.3 is 42.6 Å². The molecule has 5 heterocycles. The molecule has 5 fully saturated rings. The minimum absolute atomic E-state index is 0. The molecule has 5 aliphatic rings. The normalized spacial score (nSPS) is 33.1. The van der Waals surface area contributed by atoms with Crippen molar-refractivity contribution in [3.63, 3.8) is 0 Å². The van der Waals surface area contributed by atoms with Crippen LogP contribution in [0.3, 0.4) is 0 Å². The highest BCUT2D eigenvalue weighted by molar-refractivity contribution is 9.10. The van der Waals surface area contributed by atoms with E-state index < -0.39 is 47.6 Å². The zero-order valence-electron chi connectivity index (χ0n) is 31.9. The number of benzene rings is 2. The summed E-state index contributed by atoms with van der Waals surface area (Å²) in [5, 5.41) is 2.10. The second-order valence-electron chi connectivity index (χ2n) is 15.6. The van der Waals surface area contributed by atoms with E-state index in [1.165, 1.54) is 13.8 Å². The predicted molar refractivity (Wildman–Crippen MR) is 215 cm³/mol. The number of methoxy groups -OCH3 is 1. The second-order valence-corrected chi connectivity index (χ2v) is 17.5. The molecular formula is C42H48Br2N2O11. The smallest absolute Gasteiger partial charge is 0.305 e. The van der Waals surface area contributed by atoms with E-state index in [9.17, 15) is 9.59 Å². The molecule has 13 nitrogen and oxygen atoms in total. The number of aromatic nitrogens is 2. The van der Waals surface area contributed by atoms with Crippen LogP contribution in [0, 0.1) is 5.92 Å². The Morgan fingerprint density at radius 1 is 0.719 bits per heavy atom. The lowest BCUT2D eigenvalue weighted by molar-refractivity contribution is -0.275. The van der Waals surface area contributed by atoms with Crippen LogP contribution in [0.15, 0.2) is 69.9 Å². The lowest BCUT2D eigenvalue weighted by Crippen LogP contribution is -2.57. The summed E-state index contributed by atoms with van der Waals surface area (Å²) < 4.78 is 54.6. The number of nitrogens with zero attached hydrogens (tertiary/aromatic N) is 2. The fourth-order valence-corrected chi connectivity index (χ4v) is 9.25. The summed E-state index contributed by atoms with van der Waals surface area (Å²) in [5.74, 6) is -0.0791. The second kappa shape index (κ2) is 16.0. The Kier molecular flexibility index (Phi) is 11.7. The standard InChI is InChI=1S/C21H22BrNO6.C20H22BrNO5.CH4/c1-11-19(26-12(2)24)20(27-13(3)25)29-21(11)8-17(9-21)28-16-5-4-14-6-15(22)10-23-18(14)7-16;1-19(2)25-16-17(26-19)20(27-18(16)23-3)8-14(9-20)24-13-5-4-11-6-12(21)10-22-15(11)7-13;/h4-7,10-11,17,19-20H,8-9H2,1-3H3;4-7,10,14,16-18H,8-9H2,1-3H3;1H4/t11-,17?,19?,20?,21?;14?,16-,17+,18-,20?;/m01./s1. The number of esters is 2. The zero-order valence-corrected chi connectivity index (χ0v) is 35.0. The van der Waals surface area contributed by atoms with Crippen molar-refractivity contribution in [3.05, 3.63) is 69.9 Å². The molecule has 0 bridgehead atoms. The molecule has 2 aliphatic carbocycles. The van der Waals surface area contributed by atoms with Gasteiger partial charge in [0.15, 0.2) is 18.2 Å². The van der Waals surface area contributed by atoms with E-state index in [1.807, 2.05) is 69.3 Å². The van der Waals surface area contributed by atoms with Gasteiger partial charge in [-0.05, 0) is 82.1 Å². The summed E-state index contributed by atoms with van der Waals surface area (Å²) in [6.07, 6.45) is 4.06. The lowest BCUT2D eigenvalue weighted by atomic mass is 9.69. The summed E-state index contributed by atoms with van der Waals surface area (Å²) >= 11 is 6.87. The molecule has 2 saturated carbocycles. The van der Waals surface area contributed by atoms with E-state index in [2.05, 4.69) is 41.8 Å². The largest absolute Gasteiger partial charge is 0.490 e.